The SMILES string of the molecule is O=C1c2nc(-c3ccccc3Br)oc2CCC1Br. The Labute approximate surface area is 121 Å². The van der Waals surface area contributed by atoms with Crippen LogP contribution < -0.4 is 0 Å². The van der Waals surface area contributed by atoms with Gasteiger partial charge in [-0.2, -0.15) is 0 Å². The van der Waals surface area contributed by atoms with Gasteiger partial charge in [0.2, 0.25) is 5.89 Å². The summed E-state index contributed by atoms with van der Waals surface area (Å²) >= 11 is 6.82. The molecule has 3 nitrogen and oxygen atoms in total. The van der Waals surface area contributed by atoms with Gasteiger partial charge in [0.25, 0.3) is 0 Å². The van der Waals surface area contributed by atoms with Gasteiger partial charge in [0.1, 0.15) is 11.5 Å². The van der Waals surface area contributed by atoms with Gasteiger partial charge in [-0.15, -0.1) is 0 Å². The molecular formula is C13H9Br2NO2. The van der Waals surface area contributed by atoms with Crippen molar-refractivity contribution < 1.29 is 9.21 Å². The van der Waals surface area contributed by atoms with Crippen molar-refractivity contribution in [3.63, 3.8) is 0 Å². The largest absolute Gasteiger partial charge is 0.440 e. The summed E-state index contributed by atoms with van der Waals surface area (Å²) in [7, 11) is 0. The van der Waals surface area contributed by atoms with E-state index >= 15 is 0 Å². The number of halogens is 2. The summed E-state index contributed by atoms with van der Waals surface area (Å²) in [6.07, 6.45) is 1.50. The summed E-state index contributed by atoms with van der Waals surface area (Å²) in [5.41, 5.74) is 1.33. The molecule has 1 heterocycles. The van der Waals surface area contributed by atoms with Crippen molar-refractivity contribution in [2.24, 2.45) is 0 Å². The zero-order valence-electron chi connectivity index (χ0n) is 9.32. The van der Waals surface area contributed by atoms with Gasteiger partial charge in [-0.25, -0.2) is 4.98 Å². The van der Waals surface area contributed by atoms with Crippen LogP contribution in [0.4, 0.5) is 0 Å². The highest BCUT2D eigenvalue weighted by Crippen LogP contribution is 2.32. The van der Waals surface area contributed by atoms with Crippen molar-refractivity contribution in [1.82, 2.24) is 4.98 Å². The molecule has 0 radical (unpaired) electrons. The van der Waals surface area contributed by atoms with Gasteiger partial charge in [0.15, 0.2) is 5.78 Å². The fourth-order valence-corrected chi connectivity index (χ4v) is 2.90. The summed E-state index contributed by atoms with van der Waals surface area (Å²) in [6.45, 7) is 0. The number of rotatable bonds is 1. The van der Waals surface area contributed by atoms with Crippen molar-refractivity contribution in [2.45, 2.75) is 17.7 Å². The number of hydrogen-bond acceptors (Lipinski definition) is 3. The lowest BCUT2D eigenvalue weighted by Gasteiger charge is -2.11. The molecule has 0 bridgehead atoms. The number of aromatic nitrogens is 1. The fraction of sp³-hybridized carbons (Fsp3) is 0.231. The minimum atomic E-state index is -0.137. The van der Waals surface area contributed by atoms with E-state index in [1.807, 2.05) is 24.3 Å². The number of alkyl halides is 1. The molecule has 1 aliphatic carbocycles. The van der Waals surface area contributed by atoms with E-state index in [2.05, 4.69) is 36.8 Å². The predicted molar refractivity (Wildman–Crippen MR) is 75.0 cm³/mol. The summed E-state index contributed by atoms with van der Waals surface area (Å²) in [4.78, 5) is 16.2. The van der Waals surface area contributed by atoms with Crippen molar-refractivity contribution in [3.8, 4) is 11.5 Å². The number of nitrogens with zero attached hydrogens (tertiary/aromatic N) is 1. The number of carbonyl (C=O) groups is 1. The third kappa shape index (κ3) is 1.95. The number of carbonyl (C=O) groups excluding carboxylic acids is 1. The molecule has 0 saturated heterocycles. The summed E-state index contributed by atoms with van der Waals surface area (Å²) in [5.74, 6) is 1.21. The first-order valence-electron chi connectivity index (χ1n) is 5.59. The van der Waals surface area contributed by atoms with Crippen LogP contribution in [0.1, 0.15) is 22.7 Å². The fourth-order valence-electron chi connectivity index (χ4n) is 2.00. The van der Waals surface area contributed by atoms with Gasteiger partial charge < -0.3 is 4.42 Å². The number of benzene rings is 1. The maximum Gasteiger partial charge on any atom is 0.228 e. The van der Waals surface area contributed by atoms with Gasteiger partial charge in [-0.3, -0.25) is 4.79 Å². The third-order valence-electron chi connectivity index (χ3n) is 2.94. The Morgan fingerprint density at radius 3 is 2.89 bits per heavy atom. The van der Waals surface area contributed by atoms with Gasteiger partial charge in [0, 0.05) is 10.9 Å². The molecule has 0 fully saturated rings. The quantitative estimate of drug-likeness (QED) is 0.712. The molecule has 1 unspecified atom stereocenters. The van der Waals surface area contributed by atoms with Crippen LogP contribution in [0, 0.1) is 0 Å². The Hall–Kier alpha value is -0.940. The Bertz CT molecular complexity index is 621. The van der Waals surface area contributed by atoms with E-state index in [1.165, 1.54) is 0 Å². The molecule has 2 aromatic rings. The Morgan fingerprint density at radius 1 is 1.33 bits per heavy atom. The van der Waals surface area contributed by atoms with Gasteiger partial charge in [0.05, 0.1) is 10.4 Å². The van der Waals surface area contributed by atoms with Crippen LogP contribution in [0.15, 0.2) is 33.2 Å². The maximum absolute atomic E-state index is 12.0. The van der Waals surface area contributed by atoms with Crippen LogP contribution in [0.5, 0.6) is 0 Å². The summed E-state index contributed by atoms with van der Waals surface area (Å²) < 4.78 is 6.62. The van der Waals surface area contributed by atoms with E-state index in [-0.39, 0.29) is 10.6 Å². The van der Waals surface area contributed by atoms with Crippen molar-refractivity contribution in [3.05, 3.63) is 40.2 Å². The van der Waals surface area contributed by atoms with Gasteiger partial charge in [-0.05, 0) is 34.5 Å². The molecule has 92 valence electrons. The molecule has 0 amide bonds. The number of ketones is 1. The Kier molecular flexibility index (Phi) is 3.11. The molecule has 0 N–H and O–H groups in total. The Balaban J connectivity index is 2.09. The normalized spacial score (nSPS) is 18.8. The van der Waals surface area contributed by atoms with Crippen LogP contribution in [-0.2, 0) is 6.42 Å². The van der Waals surface area contributed by atoms with Crippen molar-refractivity contribution in [1.29, 1.82) is 0 Å². The molecule has 1 atom stereocenters. The summed E-state index contributed by atoms with van der Waals surface area (Å²) in [5, 5.41) is 0. The highest BCUT2D eigenvalue weighted by atomic mass is 79.9. The van der Waals surface area contributed by atoms with E-state index in [9.17, 15) is 4.79 Å². The van der Waals surface area contributed by atoms with E-state index in [1.54, 1.807) is 0 Å². The highest BCUT2D eigenvalue weighted by Gasteiger charge is 2.30. The first kappa shape index (κ1) is 12.1. The van der Waals surface area contributed by atoms with Crippen LogP contribution in [0.2, 0.25) is 0 Å². The lowest BCUT2D eigenvalue weighted by molar-refractivity contribution is 0.0974. The van der Waals surface area contributed by atoms with Crippen molar-refractivity contribution >= 4 is 37.6 Å². The molecule has 18 heavy (non-hydrogen) atoms. The second-order valence-electron chi connectivity index (χ2n) is 4.14. The van der Waals surface area contributed by atoms with Crippen LogP contribution in [-0.4, -0.2) is 15.6 Å². The van der Waals surface area contributed by atoms with Crippen LogP contribution >= 0.6 is 31.9 Å². The molecule has 3 rings (SSSR count). The molecular weight excluding hydrogens is 362 g/mol. The monoisotopic (exact) mass is 369 g/mol. The molecule has 0 aliphatic heterocycles. The number of hydrogen-bond donors (Lipinski definition) is 0. The maximum atomic E-state index is 12.0. The van der Waals surface area contributed by atoms with Crippen LogP contribution in [0.25, 0.3) is 11.5 Å². The highest BCUT2D eigenvalue weighted by molar-refractivity contribution is 9.10. The average molecular weight is 371 g/mol. The molecule has 0 saturated carbocycles. The minimum absolute atomic E-state index is 0.0123. The van der Waals surface area contributed by atoms with E-state index in [0.29, 0.717) is 17.3 Å². The standard InChI is InChI=1S/C13H9Br2NO2/c14-8-4-2-1-3-7(8)13-16-11-10(18-13)6-5-9(15)12(11)17/h1-4,9H,5-6H2. The number of fused-ring (bicyclic) bond motifs is 1. The van der Waals surface area contributed by atoms with Crippen LogP contribution in [0.3, 0.4) is 0 Å². The first-order chi connectivity index (χ1) is 8.66. The third-order valence-corrected chi connectivity index (χ3v) is 4.51. The lowest BCUT2D eigenvalue weighted by atomic mass is 10.0. The number of oxazole rings is 1. The minimum Gasteiger partial charge on any atom is -0.440 e. The van der Waals surface area contributed by atoms with Gasteiger partial charge in [-0.1, -0.05) is 28.1 Å². The van der Waals surface area contributed by atoms with E-state index < -0.39 is 0 Å². The lowest BCUT2D eigenvalue weighted by Crippen LogP contribution is -2.21. The zero-order valence-corrected chi connectivity index (χ0v) is 12.5. The average Bonchev–Trinajstić information content (AvgIpc) is 2.79. The Morgan fingerprint density at radius 2 is 2.11 bits per heavy atom. The molecule has 0 spiro atoms. The van der Waals surface area contributed by atoms with E-state index in [4.69, 9.17) is 4.42 Å². The first-order valence-corrected chi connectivity index (χ1v) is 7.30. The summed E-state index contributed by atoms with van der Waals surface area (Å²) in [6, 6.07) is 7.68. The molecule has 5 heteroatoms. The molecule has 1 aromatic carbocycles. The number of aryl methyl sites for hydroxylation is 1. The predicted octanol–water partition coefficient (Wildman–Crippen LogP) is 4.00. The van der Waals surface area contributed by atoms with Crippen molar-refractivity contribution in [2.75, 3.05) is 0 Å². The second kappa shape index (κ2) is 4.63. The van der Waals surface area contributed by atoms with Gasteiger partial charge >= 0.3 is 0 Å². The second-order valence-corrected chi connectivity index (χ2v) is 6.10. The van der Waals surface area contributed by atoms with E-state index in [0.717, 1.165) is 22.9 Å². The molecule has 1 aliphatic rings. The number of Topliss-reactive ketones (excluding diaryl/α,β-unsaturated/α-hetero) is 1. The molecule has 1 aromatic heterocycles. The zero-order chi connectivity index (χ0) is 12.7. The topological polar surface area (TPSA) is 43.1 Å². The smallest absolute Gasteiger partial charge is 0.228 e.